The van der Waals surface area contributed by atoms with E-state index in [9.17, 15) is 22.8 Å². The first-order valence-electron chi connectivity index (χ1n) is 15.9. The van der Waals surface area contributed by atoms with Crippen molar-refractivity contribution in [3.63, 3.8) is 0 Å². The van der Waals surface area contributed by atoms with Gasteiger partial charge in [0.2, 0.25) is 5.91 Å². The van der Waals surface area contributed by atoms with Crippen molar-refractivity contribution < 1.29 is 27.5 Å². The van der Waals surface area contributed by atoms with E-state index in [4.69, 9.17) is 4.74 Å². The van der Waals surface area contributed by atoms with Gasteiger partial charge in [-0.1, -0.05) is 13.0 Å². The molecule has 12 heteroatoms. The molecule has 0 spiro atoms. The summed E-state index contributed by atoms with van der Waals surface area (Å²) in [6, 6.07) is 3.67. The molecule has 242 valence electrons. The Morgan fingerprint density at radius 1 is 1.14 bits per heavy atom. The molecule has 3 fully saturated rings. The van der Waals surface area contributed by atoms with E-state index in [-0.39, 0.29) is 49.5 Å². The van der Waals surface area contributed by atoms with Crippen molar-refractivity contribution in [2.75, 3.05) is 52.9 Å². The minimum absolute atomic E-state index is 0.00849. The van der Waals surface area contributed by atoms with Gasteiger partial charge in [-0.15, -0.1) is 0 Å². The summed E-state index contributed by atoms with van der Waals surface area (Å²) in [6.07, 6.45) is 4.35. The number of nitrogens with zero attached hydrogens (tertiary/aromatic N) is 4. The van der Waals surface area contributed by atoms with Crippen molar-refractivity contribution in [1.82, 2.24) is 30.3 Å². The summed E-state index contributed by atoms with van der Waals surface area (Å²) in [5.41, 5.74) is 0.828. The lowest BCUT2D eigenvalue weighted by molar-refractivity contribution is -0.185. The van der Waals surface area contributed by atoms with Crippen LogP contribution < -0.4 is 10.6 Å². The van der Waals surface area contributed by atoms with E-state index < -0.39 is 17.8 Å². The van der Waals surface area contributed by atoms with Crippen molar-refractivity contribution in [2.45, 2.75) is 63.9 Å². The number of alkyl halides is 3. The Balaban J connectivity index is 1.35. The molecule has 4 heterocycles. The number of halogens is 3. The van der Waals surface area contributed by atoms with Gasteiger partial charge in [-0.3, -0.25) is 14.6 Å². The van der Waals surface area contributed by atoms with Gasteiger partial charge in [0.1, 0.15) is 5.70 Å². The van der Waals surface area contributed by atoms with Gasteiger partial charge in [0.05, 0.1) is 11.6 Å². The van der Waals surface area contributed by atoms with Crippen LogP contribution in [-0.4, -0.2) is 96.6 Å². The molecule has 1 aromatic heterocycles. The van der Waals surface area contributed by atoms with Crippen molar-refractivity contribution in [2.24, 2.45) is 17.8 Å². The van der Waals surface area contributed by atoms with Crippen molar-refractivity contribution in [3.8, 4) is 0 Å². The Morgan fingerprint density at radius 3 is 2.50 bits per heavy atom. The molecule has 2 amide bonds. The molecule has 1 saturated carbocycles. The van der Waals surface area contributed by atoms with E-state index in [0.29, 0.717) is 44.4 Å². The number of piperazine rings is 1. The van der Waals surface area contributed by atoms with E-state index in [2.05, 4.69) is 32.5 Å². The second-order valence-electron chi connectivity index (χ2n) is 12.6. The number of dihydropyridines is 1. The highest BCUT2D eigenvalue weighted by Crippen LogP contribution is 2.40. The van der Waals surface area contributed by atoms with Gasteiger partial charge in [-0.2, -0.15) is 13.2 Å². The summed E-state index contributed by atoms with van der Waals surface area (Å²) in [5.74, 6) is -1.56. The summed E-state index contributed by atoms with van der Waals surface area (Å²) in [7, 11) is 2.06. The van der Waals surface area contributed by atoms with Crippen LogP contribution >= 0.6 is 0 Å². The molecule has 2 N–H and O–H groups in total. The molecule has 44 heavy (non-hydrogen) atoms. The fraction of sp³-hybridized carbons (Fsp3) is 0.656. The van der Waals surface area contributed by atoms with Gasteiger partial charge < -0.3 is 30.1 Å². The van der Waals surface area contributed by atoms with Crippen molar-refractivity contribution in [1.29, 1.82) is 0 Å². The third-order valence-electron chi connectivity index (χ3n) is 9.54. The maximum Gasteiger partial charge on any atom is 0.391 e. The van der Waals surface area contributed by atoms with E-state index in [1.807, 2.05) is 43.0 Å². The standard InChI is InChI=1S/C32H45F3N6O3/c1-4-26-21-40(30(43)23-8-10-24(11-9-23)32(33,34)35)15-16-41(26)27-12-13-31(44-5-2,25-7-6-14-36-18-25)38-28(27)29(42)37-17-22-19-39(3)20-22/h6-7,12-14,18,22-24,26,38H,4-5,8-11,15-17,19-21H2,1-3H3,(H,37,42)/t23-,24+,26-,31?/m1/s1. The van der Waals surface area contributed by atoms with Gasteiger partial charge in [-0.25, -0.2) is 0 Å². The molecule has 3 aliphatic heterocycles. The number of nitrogens with one attached hydrogen (secondary N) is 2. The van der Waals surface area contributed by atoms with E-state index in [0.717, 1.165) is 30.8 Å². The lowest BCUT2D eigenvalue weighted by atomic mass is 9.81. The second-order valence-corrected chi connectivity index (χ2v) is 12.6. The largest absolute Gasteiger partial charge is 0.391 e. The monoisotopic (exact) mass is 618 g/mol. The molecule has 9 nitrogen and oxygen atoms in total. The van der Waals surface area contributed by atoms with Crippen molar-refractivity contribution >= 4 is 11.8 Å². The summed E-state index contributed by atoms with van der Waals surface area (Å²) in [5, 5.41) is 6.57. The number of hydrogen-bond donors (Lipinski definition) is 2. The molecule has 0 aromatic carbocycles. The Hall–Kier alpha value is -3.12. The molecule has 1 unspecified atom stereocenters. The van der Waals surface area contributed by atoms with Crippen LogP contribution in [0.25, 0.3) is 0 Å². The lowest BCUT2D eigenvalue weighted by Crippen LogP contribution is -2.57. The highest BCUT2D eigenvalue weighted by molar-refractivity contribution is 5.94. The van der Waals surface area contributed by atoms with Crippen LogP contribution in [0.15, 0.2) is 48.1 Å². The topological polar surface area (TPSA) is 90.0 Å². The summed E-state index contributed by atoms with van der Waals surface area (Å²) in [4.78, 5) is 37.8. The SMILES string of the molecule is CCOC1(c2cccnc2)C=CC(N2CCN(C(=O)[C@H]3CC[C@@H](C(F)(F)F)CC3)C[C@H]2CC)=C(C(=O)NCC2CN(C)C2)N1. The molecule has 1 aliphatic carbocycles. The predicted octanol–water partition coefficient (Wildman–Crippen LogP) is 3.61. The van der Waals surface area contributed by atoms with Crippen LogP contribution in [0.3, 0.4) is 0 Å². The van der Waals surface area contributed by atoms with Crippen LogP contribution in [0.1, 0.15) is 51.5 Å². The molecule has 5 rings (SSSR count). The number of carbonyl (C=O) groups excluding carboxylic acids is 2. The number of ether oxygens (including phenoxy) is 1. The van der Waals surface area contributed by atoms with E-state index in [1.54, 1.807) is 12.4 Å². The summed E-state index contributed by atoms with van der Waals surface area (Å²) >= 11 is 0. The quantitative estimate of drug-likeness (QED) is 0.437. The van der Waals surface area contributed by atoms with Gasteiger partial charge in [-0.05, 0) is 64.3 Å². The van der Waals surface area contributed by atoms with Gasteiger partial charge in [0, 0.05) is 81.7 Å². The minimum Gasteiger partial charge on any atom is -0.363 e. The zero-order valence-electron chi connectivity index (χ0n) is 25.9. The number of hydrogen-bond acceptors (Lipinski definition) is 7. The Morgan fingerprint density at radius 2 is 1.89 bits per heavy atom. The minimum atomic E-state index is -4.20. The number of aromatic nitrogens is 1. The zero-order chi connectivity index (χ0) is 31.5. The van der Waals surface area contributed by atoms with Gasteiger partial charge in [0.25, 0.3) is 5.91 Å². The molecule has 4 aliphatic rings. The van der Waals surface area contributed by atoms with Gasteiger partial charge >= 0.3 is 6.18 Å². The van der Waals surface area contributed by atoms with E-state index >= 15 is 0 Å². The normalized spacial score (nSPS) is 28.5. The first-order valence-corrected chi connectivity index (χ1v) is 15.9. The summed E-state index contributed by atoms with van der Waals surface area (Å²) < 4.78 is 45.8. The number of amides is 2. The first kappa shape index (κ1) is 32.3. The van der Waals surface area contributed by atoms with Crippen LogP contribution in [0.5, 0.6) is 0 Å². The average molecular weight is 619 g/mol. The van der Waals surface area contributed by atoms with Crippen LogP contribution in [0, 0.1) is 17.8 Å². The third kappa shape index (κ3) is 6.91. The van der Waals surface area contributed by atoms with Crippen LogP contribution in [0.2, 0.25) is 0 Å². The highest BCUT2D eigenvalue weighted by atomic mass is 19.4. The zero-order valence-corrected chi connectivity index (χ0v) is 25.9. The average Bonchev–Trinajstić information content (AvgIpc) is 3.02. The lowest BCUT2D eigenvalue weighted by Gasteiger charge is -2.46. The molecular formula is C32H45F3N6O3. The Labute approximate surface area is 257 Å². The van der Waals surface area contributed by atoms with Crippen molar-refractivity contribution in [3.05, 3.63) is 53.6 Å². The van der Waals surface area contributed by atoms with Gasteiger partial charge in [0.15, 0.2) is 5.72 Å². The molecule has 2 saturated heterocycles. The second kappa shape index (κ2) is 13.5. The third-order valence-corrected chi connectivity index (χ3v) is 9.54. The number of pyridine rings is 1. The number of rotatable bonds is 9. The maximum absolute atomic E-state index is 13.9. The Kier molecular flexibility index (Phi) is 9.89. The number of carbonyl (C=O) groups is 2. The first-order chi connectivity index (χ1) is 21.0. The van der Waals surface area contributed by atoms with Crippen LogP contribution in [0.4, 0.5) is 13.2 Å². The summed E-state index contributed by atoms with van der Waals surface area (Å²) in [6.45, 7) is 8.18. The molecule has 0 radical (unpaired) electrons. The molecular weight excluding hydrogens is 573 g/mol. The smallest absolute Gasteiger partial charge is 0.363 e. The fourth-order valence-electron chi connectivity index (χ4n) is 7.06. The molecule has 1 aromatic rings. The maximum atomic E-state index is 13.9. The predicted molar refractivity (Wildman–Crippen MR) is 160 cm³/mol. The Bertz CT molecular complexity index is 1230. The highest BCUT2D eigenvalue weighted by Gasteiger charge is 2.44. The van der Waals surface area contributed by atoms with Crippen LogP contribution in [-0.2, 0) is 20.1 Å². The molecule has 0 bridgehead atoms. The number of allylic oxidation sites excluding steroid dienone is 1. The van der Waals surface area contributed by atoms with E-state index in [1.165, 1.54) is 0 Å². The number of likely N-dealkylation sites (tertiary alicyclic amines) is 1. The fourth-order valence-corrected chi connectivity index (χ4v) is 7.06. The molecule has 2 atom stereocenters.